The van der Waals surface area contributed by atoms with E-state index in [0.29, 0.717) is 11.5 Å². The molecule has 0 amide bonds. The summed E-state index contributed by atoms with van der Waals surface area (Å²) in [7, 11) is 3.28. The highest BCUT2D eigenvalue weighted by Gasteiger charge is 2.17. The van der Waals surface area contributed by atoms with Crippen LogP contribution in [-0.2, 0) is 6.42 Å². The number of methoxy groups -OCH3 is 2. The van der Waals surface area contributed by atoms with Gasteiger partial charge in [0.05, 0.1) is 19.9 Å². The van der Waals surface area contributed by atoms with Crippen LogP contribution in [0.25, 0.3) is 6.08 Å². The largest absolute Gasteiger partial charge is 0.493 e. The van der Waals surface area contributed by atoms with Gasteiger partial charge < -0.3 is 9.47 Å². The lowest BCUT2D eigenvalue weighted by molar-refractivity contribution is 0.354. The van der Waals surface area contributed by atoms with E-state index in [1.54, 1.807) is 14.2 Å². The highest BCUT2D eigenvalue weighted by molar-refractivity contribution is 9.10. The van der Waals surface area contributed by atoms with Crippen molar-refractivity contribution in [3.8, 4) is 11.5 Å². The number of hydrogen-bond donors (Lipinski definition) is 0. The number of allylic oxidation sites excluding steroid dienone is 1. The van der Waals surface area contributed by atoms with Crippen molar-refractivity contribution in [3.05, 3.63) is 63.6 Å². The molecule has 5 heteroatoms. The third-order valence-corrected chi connectivity index (χ3v) is 4.71. The molecular formula is C20H19BrN2O2. The molecule has 0 aromatic heterocycles. The van der Waals surface area contributed by atoms with E-state index in [9.17, 15) is 0 Å². The summed E-state index contributed by atoms with van der Waals surface area (Å²) >= 11 is 3.56. The average Bonchev–Trinajstić information content (AvgIpc) is 2.77. The zero-order valence-corrected chi connectivity index (χ0v) is 16.0. The van der Waals surface area contributed by atoms with Gasteiger partial charge in [-0.2, -0.15) is 10.2 Å². The van der Waals surface area contributed by atoms with E-state index in [2.05, 4.69) is 26.1 Å². The SMILES string of the molecule is COc1cc2c(cc1OC)C(/C=C/c1ccccc1Br)=NN=C(C)C2. The van der Waals surface area contributed by atoms with Crippen LogP contribution in [0.5, 0.6) is 11.5 Å². The second kappa shape index (κ2) is 7.66. The minimum atomic E-state index is 0.683. The Labute approximate surface area is 156 Å². The van der Waals surface area contributed by atoms with Gasteiger partial charge in [0.25, 0.3) is 0 Å². The van der Waals surface area contributed by atoms with Crippen molar-refractivity contribution in [2.75, 3.05) is 14.2 Å². The maximum atomic E-state index is 5.45. The molecule has 0 N–H and O–H groups in total. The summed E-state index contributed by atoms with van der Waals surface area (Å²) in [6, 6.07) is 12.0. The summed E-state index contributed by atoms with van der Waals surface area (Å²) in [5, 5.41) is 8.75. The van der Waals surface area contributed by atoms with E-state index in [-0.39, 0.29) is 0 Å². The molecule has 1 heterocycles. The van der Waals surface area contributed by atoms with Gasteiger partial charge in [-0.25, -0.2) is 0 Å². The Bertz CT molecular complexity index is 885. The highest BCUT2D eigenvalue weighted by atomic mass is 79.9. The first-order valence-electron chi connectivity index (χ1n) is 7.91. The second-order valence-electron chi connectivity index (χ2n) is 5.72. The van der Waals surface area contributed by atoms with E-state index in [4.69, 9.17) is 9.47 Å². The summed E-state index contributed by atoms with van der Waals surface area (Å²) in [6.45, 7) is 1.98. The Morgan fingerprint density at radius 1 is 1.00 bits per heavy atom. The fraction of sp³-hybridized carbons (Fsp3) is 0.200. The van der Waals surface area contributed by atoms with Crippen LogP contribution in [0, 0.1) is 0 Å². The summed E-state index contributed by atoms with van der Waals surface area (Å²) in [5.41, 5.74) is 4.95. The third kappa shape index (κ3) is 3.82. The van der Waals surface area contributed by atoms with Gasteiger partial charge in [0.15, 0.2) is 11.5 Å². The standard InChI is InChI=1S/C20H19BrN2O2/c1-13-10-15-11-19(24-2)20(25-3)12-16(15)18(23-22-13)9-8-14-6-4-5-7-17(14)21/h4-9,11-12H,10H2,1-3H3/b9-8+. The predicted octanol–water partition coefficient (Wildman–Crippen LogP) is 4.90. The number of rotatable bonds is 4. The smallest absolute Gasteiger partial charge is 0.161 e. The summed E-state index contributed by atoms with van der Waals surface area (Å²) < 4.78 is 11.9. The predicted molar refractivity (Wildman–Crippen MR) is 106 cm³/mol. The molecule has 25 heavy (non-hydrogen) atoms. The minimum absolute atomic E-state index is 0.683. The molecule has 0 bridgehead atoms. The van der Waals surface area contributed by atoms with E-state index in [1.807, 2.05) is 55.5 Å². The molecule has 1 aliphatic heterocycles. The summed E-state index contributed by atoms with van der Waals surface area (Å²) in [4.78, 5) is 0. The Morgan fingerprint density at radius 2 is 1.72 bits per heavy atom. The van der Waals surface area contributed by atoms with Crippen LogP contribution < -0.4 is 9.47 Å². The van der Waals surface area contributed by atoms with E-state index >= 15 is 0 Å². The molecule has 0 aliphatic carbocycles. The molecule has 4 nitrogen and oxygen atoms in total. The van der Waals surface area contributed by atoms with Gasteiger partial charge in [-0.3, -0.25) is 0 Å². The van der Waals surface area contributed by atoms with E-state index in [0.717, 1.165) is 39.0 Å². The molecule has 0 fully saturated rings. The fourth-order valence-electron chi connectivity index (χ4n) is 2.71. The number of nitrogens with zero attached hydrogens (tertiary/aromatic N) is 2. The Morgan fingerprint density at radius 3 is 2.44 bits per heavy atom. The van der Waals surface area contributed by atoms with Crippen LogP contribution in [0.4, 0.5) is 0 Å². The number of benzene rings is 2. The van der Waals surface area contributed by atoms with Gasteiger partial charge in [-0.15, -0.1) is 0 Å². The lowest BCUT2D eigenvalue weighted by atomic mass is 9.97. The summed E-state index contributed by atoms with van der Waals surface area (Å²) in [5.74, 6) is 1.40. The van der Waals surface area contributed by atoms with Gasteiger partial charge >= 0.3 is 0 Å². The number of hydrogen-bond acceptors (Lipinski definition) is 4. The van der Waals surface area contributed by atoms with Gasteiger partial charge in [-0.05, 0) is 42.3 Å². The molecule has 0 spiro atoms. The fourth-order valence-corrected chi connectivity index (χ4v) is 3.13. The first kappa shape index (κ1) is 17.4. The third-order valence-electron chi connectivity index (χ3n) is 3.99. The molecule has 0 radical (unpaired) electrons. The molecule has 0 atom stereocenters. The number of ether oxygens (including phenoxy) is 2. The number of halogens is 1. The Hall–Kier alpha value is -2.40. The topological polar surface area (TPSA) is 43.2 Å². The van der Waals surface area contributed by atoms with Crippen molar-refractivity contribution in [1.29, 1.82) is 0 Å². The van der Waals surface area contributed by atoms with Gasteiger partial charge in [0.2, 0.25) is 0 Å². The van der Waals surface area contributed by atoms with Crippen molar-refractivity contribution in [3.63, 3.8) is 0 Å². The first-order valence-corrected chi connectivity index (χ1v) is 8.70. The molecule has 128 valence electrons. The van der Waals surface area contributed by atoms with Crippen LogP contribution in [0.15, 0.2) is 57.1 Å². The monoisotopic (exact) mass is 398 g/mol. The molecule has 1 aliphatic rings. The Kier molecular flexibility index (Phi) is 5.34. The van der Waals surface area contributed by atoms with Crippen LogP contribution in [0.3, 0.4) is 0 Å². The molecule has 0 saturated carbocycles. The normalized spacial score (nSPS) is 13.8. The van der Waals surface area contributed by atoms with E-state index in [1.165, 1.54) is 0 Å². The molecule has 0 saturated heterocycles. The molecule has 3 rings (SSSR count). The van der Waals surface area contributed by atoms with Gasteiger partial charge in [0, 0.05) is 22.2 Å². The van der Waals surface area contributed by atoms with Crippen LogP contribution in [-0.4, -0.2) is 25.6 Å². The van der Waals surface area contributed by atoms with Gasteiger partial charge in [-0.1, -0.05) is 40.2 Å². The highest BCUT2D eigenvalue weighted by Crippen LogP contribution is 2.32. The average molecular weight is 399 g/mol. The second-order valence-corrected chi connectivity index (χ2v) is 6.57. The Balaban J connectivity index is 2.07. The zero-order valence-electron chi connectivity index (χ0n) is 14.4. The van der Waals surface area contributed by atoms with Crippen molar-refractivity contribution in [2.24, 2.45) is 10.2 Å². The minimum Gasteiger partial charge on any atom is -0.493 e. The molecule has 2 aromatic rings. The zero-order chi connectivity index (χ0) is 17.8. The maximum absolute atomic E-state index is 5.45. The summed E-state index contributed by atoms with van der Waals surface area (Å²) in [6.07, 6.45) is 4.73. The molecular weight excluding hydrogens is 380 g/mol. The molecule has 0 unspecified atom stereocenters. The van der Waals surface area contributed by atoms with Crippen molar-refractivity contribution >= 4 is 33.4 Å². The lowest BCUT2D eigenvalue weighted by Gasteiger charge is -2.13. The first-order chi connectivity index (χ1) is 12.1. The van der Waals surface area contributed by atoms with Crippen molar-refractivity contribution in [2.45, 2.75) is 13.3 Å². The van der Waals surface area contributed by atoms with Crippen molar-refractivity contribution < 1.29 is 9.47 Å². The van der Waals surface area contributed by atoms with Crippen molar-refractivity contribution in [1.82, 2.24) is 0 Å². The van der Waals surface area contributed by atoms with Crippen LogP contribution in [0.2, 0.25) is 0 Å². The van der Waals surface area contributed by atoms with Gasteiger partial charge in [0.1, 0.15) is 0 Å². The van der Waals surface area contributed by atoms with Crippen LogP contribution in [0.1, 0.15) is 23.6 Å². The van der Waals surface area contributed by atoms with Crippen LogP contribution >= 0.6 is 15.9 Å². The lowest BCUT2D eigenvalue weighted by Crippen LogP contribution is -2.05. The molecule has 2 aromatic carbocycles. The number of fused-ring (bicyclic) bond motifs is 1. The van der Waals surface area contributed by atoms with E-state index < -0.39 is 0 Å². The maximum Gasteiger partial charge on any atom is 0.161 e. The quantitative estimate of drug-likeness (QED) is 0.734.